The zero-order valence-corrected chi connectivity index (χ0v) is 32.3. The van der Waals surface area contributed by atoms with Crippen molar-refractivity contribution in [2.24, 2.45) is 6.98 Å². The summed E-state index contributed by atoms with van der Waals surface area (Å²) in [5, 5.41) is 7.23. The van der Waals surface area contributed by atoms with Crippen LogP contribution in [0.4, 0.5) is 0 Å². The molecule has 0 fully saturated rings. The molecule has 0 radical (unpaired) electrons. The Morgan fingerprint density at radius 3 is 1.91 bits per heavy atom. The first-order valence-corrected chi connectivity index (χ1v) is 21.0. The standard InChI is InChI=1S/C51H41N4Si/c1-36-16-14-17-37(2)51(36)38-30-31-52-50(32-38)55-46-25-11-10-24-44(46)45-29-28-43(34-49(45)55)56(40-19-6-4-7-20-40,41-21-8-5-9-22-41)42-23-15-18-39(33-42)54-35-53(3)47-26-12-13-27-48(47)54/h4-35H,1-3H3/q+1/i3D3. The summed E-state index contributed by atoms with van der Waals surface area (Å²) >= 11 is 0. The van der Waals surface area contributed by atoms with Crippen molar-refractivity contribution in [3.05, 3.63) is 206 Å². The average Bonchev–Trinajstić information content (AvgIpc) is 3.82. The van der Waals surface area contributed by atoms with Gasteiger partial charge in [-0.15, -0.1) is 0 Å². The summed E-state index contributed by atoms with van der Waals surface area (Å²) in [4.78, 5) is 5.05. The van der Waals surface area contributed by atoms with E-state index in [0.29, 0.717) is 5.52 Å². The largest absolute Gasteiger partial charge is 0.294 e. The van der Waals surface area contributed by atoms with Crippen LogP contribution < -0.4 is 25.3 Å². The molecule has 0 saturated heterocycles. The third-order valence-corrected chi connectivity index (χ3v) is 16.2. The number of rotatable bonds is 7. The molecular formula is C51H41N4Si+. The molecule has 0 aliphatic rings. The first kappa shape index (κ1) is 30.5. The van der Waals surface area contributed by atoms with Gasteiger partial charge in [0.25, 0.3) is 0 Å². The maximum Gasteiger partial charge on any atom is 0.249 e. The molecule has 0 bridgehead atoms. The lowest BCUT2D eigenvalue weighted by molar-refractivity contribution is -0.645. The van der Waals surface area contributed by atoms with E-state index >= 15 is 0 Å². The van der Waals surface area contributed by atoms with Crippen LogP contribution in [-0.4, -0.2) is 22.2 Å². The molecule has 3 heterocycles. The van der Waals surface area contributed by atoms with Gasteiger partial charge < -0.3 is 0 Å². The molecule has 0 aliphatic carbocycles. The molecule has 0 spiro atoms. The van der Waals surface area contributed by atoms with Crippen LogP contribution >= 0.6 is 0 Å². The number of aromatic nitrogens is 4. The summed E-state index contributed by atoms with van der Waals surface area (Å²) in [5.74, 6) is 0.865. The smallest absolute Gasteiger partial charge is 0.249 e. The second-order valence-corrected chi connectivity index (χ2v) is 18.4. The lowest BCUT2D eigenvalue weighted by atomic mass is 9.96. The Bertz CT molecular complexity index is 3130. The fourth-order valence-electron chi connectivity index (χ4n) is 9.00. The molecule has 0 atom stereocenters. The third kappa shape index (κ3) is 5.27. The first-order valence-electron chi connectivity index (χ1n) is 20.5. The molecule has 0 aliphatic heterocycles. The van der Waals surface area contributed by atoms with E-state index in [2.05, 4.69) is 176 Å². The SMILES string of the molecule is [2H]C([2H])([2H])[n+]1cn(-c2cccc([Si](c3ccccc3)(c3ccccc3)c3ccc4c5ccccc5n(-c5cc(-c6c(C)cccc6C)ccn5)c4c3)c2)c2ccccc21. The Morgan fingerprint density at radius 2 is 1.16 bits per heavy atom. The van der Waals surface area contributed by atoms with E-state index < -0.39 is 15.0 Å². The molecule has 56 heavy (non-hydrogen) atoms. The number of para-hydroxylation sites is 3. The van der Waals surface area contributed by atoms with Gasteiger partial charge in [-0.2, -0.15) is 4.57 Å². The van der Waals surface area contributed by atoms with Gasteiger partial charge in [0, 0.05) is 17.0 Å². The number of nitrogens with zero attached hydrogens (tertiary/aromatic N) is 4. The predicted molar refractivity (Wildman–Crippen MR) is 235 cm³/mol. The van der Waals surface area contributed by atoms with Gasteiger partial charge in [0.2, 0.25) is 6.33 Å². The van der Waals surface area contributed by atoms with Crippen molar-refractivity contribution in [3.63, 3.8) is 0 Å². The van der Waals surface area contributed by atoms with Gasteiger partial charge in [0.15, 0.2) is 19.1 Å². The Balaban J connectivity index is 1.27. The number of imidazole rings is 1. The van der Waals surface area contributed by atoms with Crippen LogP contribution in [-0.2, 0) is 6.98 Å². The molecule has 0 saturated carbocycles. The van der Waals surface area contributed by atoms with Crippen molar-refractivity contribution in [1.82, 2.24) is 14.1 Å². The highest BCUT2D eigenvalue weighted by atomic mass is 28.3. The van der Waals surface area contributed by atoms with E-state index in [1.807, 2.05) is 35.0 Å². The van der Waals surface area contributed by atoms with Crippen LogP contribution in [0.3, 0.4) is 0 Å². The molecule has 0 amide bonds. The van der Waals surface area contributed by atoms with Crippen molar-refractivity contribution in [3.8, 4) is 22.6 Å². The van der Waals surface area contributed by atoms with Crippen LogP contribution in [0.2, 0.25) is 0 Å². The minimum atomic E-state index is -3.10. The van der Waals surface area contributed by atoms with E-state index in [0.717, 1.165) is 39.0 Å². The van der Waals surface area contributed by atoms with Gasteiger partial charge in [-0.25, -0.2) is 9.55 Å². The highest BCUT2D eigenvalue weighted by molar-refractivity contribution is 7.20. The number of fused-ring (bicyclic) bond motifs is 4. The second-order valence-electron chi connectivity index (χ2n) is 14.6. The molecule has 268 valence electrons. The summed E-state index contributed by atoms with van der Waals surface area (Å²) in [6.45, 7) is 2.01. The normalized spacial score (nSPS) is 12.9. The maximum absolute atomic E-state index is 8.35. The van der Waals surface area contributed by atoms with Crippen LogP contribution in [0.15, 0.2) is 195 Å². The van der Waals surface area contributed by atoms with Gasteiger partial charge in [-0.05, 0) is 105 Å². The lowest BCUT2D eigenvalue weighted by Crippen LogP contribution is -2.74. The summed E-state index contributed by atoms with van der Waals surface area (Å²) in [6, 6.07) is 64.7. The Hall–Kier alpha value is -6.82. The maximum atomic E-state index is 8.35. The zero-order valence-electron chi connectivity index (χ0n) is 34.3. The van der Waals surface area contributed by atoms with E-state index in [4.69, 9.17) is 9.10 Å². The molecule has 5 heteroatoms. The minimum absolute atomic E-state index is 0.654. The third-order valence-electron chi connectivity index (χ3n) is 11.5. The molecular weight excluding hydrogens is 697 g/mol. The summed E-state index contributed by atoms with van der Waals surface area (Å²) in [7, 11) is -3.10. The number of hydrogen-bond donors (Lipinski definition) is 0. The Morgan fingerprint density at radius 1 is 0.536 bits per heavy atom. The van der Waals surface area contributed by atoms with Crippen molar-refractivity contribution in [2.75, 3.05) is 0 Å². The minimum Gasteiger partial charge on any atom is -0.294 e. The van der Waals surface area contributed by atoms with E-state index in [-0.39, 0.29) is 0 Å². The highest BCUT2D eigenvalue weighted by Crippen LogP contribution is 2.34. The second kappa shape index (κ2) is 13.5. The topological polar surface area (TPSA) is 26.6 Å². The van der Waals surface area contributed by atoms with Gasteiger partial charge >= 0.3 is 0 Å². The fourth-order valence-corrected chi connectivity index (χ4v) is 13.8. The molecule has 4 nitrogen and oxygen atoms in total. The van der Waals surface area contributed by atoms with Gasteiger partial charge in [-0.1, -0.05) is 133 Å². The number of benzene rings is 7. The van der Waals surface area contributed by atoms with Gasteiger partial charge in [-0.3, -0.25) is 4.57 Å². The van der Waals surface area contributed by atoms with Crippen LogP contribution in [0.5, 0.6) is 0 Å². The van der Waals surface area contributed by atoms with Gasteiger partial charge in [0.05, 0.1) is 22.1 Å². The summed E-state index contributed by atoms with van der Waals surface area (Å²) in [6.07, 6.45) is 3.65. The number of pyridine rings is 1. The van der Waals surface area contributed by atoms with Crippen molar-refractivity contribution < 1.29 is 8.68 Å². The van der Waals surface area contributed by atoms with Crippen LogP contribution in [0, 0.1) is 13.8 Å². The summed E-state index contributed by atoms with van der Waals surface area (Å²) < 4.78 is 30.8. The zero-order chi connectivity index (χ0) is 40.3. The van der Waals surface area contributed by atoms with Crippen LogP contribution in [0.1, 0.15) is 15.2 Å². The van der Waals surface area contributed by atoms with E-state index in [1.165, 1.54) is 47.4 Å². The monoisotopic (exact) mass is 740 g/mol. The van der Waals surface area contributed by atoms with Crippen molar-refractivity contribution in [2.45, 2.75) is 13.8 Å². The van der Waals surface area contributed by atoms with Crippen molar-refractivity contribution in [1.29, 1.82) is 0 Å². The Labute approximate surface area is 332 Å². The molecule has 0 unspecified atom stereocenters. The number of hydrogen-bond acceptors (Lipinski definition) is 1. The summed E-state index contributed by atoms with van der Waals surface area (Å²) in [5.41, 5.74) is 9.40. The molecule has 10 rings (SSSR count). The van der Waals surface area contributed by atoms with Gasteiger partial charge in [0.1, 0.15) is 11.5 Å². The average molecular weight is 741 g/mol. The molecule has 10 aromatic rings. The predicted octanol–water partition coefficient (Wildman–Crippen LogP) is 8.61. The molecule has 3 aromatic heterocycles. The number of aryl methyl sites for hydroxylation is 3. The van der Waals surface area contributed by atoms with E-state index in [9.17, 15) is 0 Å². The molecule has 7 aromatic carbocycles. The van der Waals surface area contributed by atoms with Crippen LogP contribution in [0.25, 0.3) is 55.5 Å². The highest BCUT2D eigenvalue weighted by Gasteiger charge is 2.42. The first-order chi connectivity index (χ1) is 28.7. The van der Waals surface area contributed by atoms with Crippen molar-refractivity contribution >= 4 is 61.7 Å². The molecule has 0 N–H and O–H groups in total. The fraction of sp³-hybridized carbons (Fsp3) is 0.0588. The Kier molecular flexibility index (Phi) is 7.34. The quantitative estimate of drug-likeness (QED) is 0.0914. The lowest BCUT2D eigenvalue weighted by Gasteiger charge is -2.34. The van der Waals surface area contributed by atoms with E-state index in [1.54, 1.807) is 6.33 Å².